The number of nitrogens with zero attached hydrogens (tertiary/aromatic N) is 2. The van der Waals surface area contributed by atoms with E-state index >= 15 is 0 Å². The smallest absolute Gasteiger partial charge is 0.119 e. The Morgan fingerprint density at radius 3 is 2.54 bits per heavy atom. The van der Waals surface area contributed by atoms with Crippen molar-refractivity contribution in [2.45, 2.75) is 24.3 Å². The molecule has 0 heterocycles. The van der Waals surface area contributed by atoms with E-state index in [1.807, 2.05) is 17.8 Å². The predicted octanol–water partition coefficient (Wildman–Crippen LogP) is 3.80. The summed E-state index contributed by atoms with van der Waals surface area (Å²) in [4.78, 5) is 3.55. The molecule has 0 fully saturated rings. The zero-order chi connectivity index (χ0) is 18.6. The SMILES string of the molecule is CCN(CCCSc1ccccc1)CC(O)COc1ccc(C#N)cc1. The van der Waals surface area contributed by atoms with Gasteiger partial charge in [0.05, 0.1) is 11.6 Å². The molecule has 26 heavy (non-hydrogen) atoms. The number of benzene rings is 2. The highest BCUT2D eigenvalue weighted by Crippen LogP contribution is 2.18. The van der Waals surface area contributed by atoms with Crippen LogP contribution in [0.25, 0.3) is 0 Å². The monoisotopic (exact) mass is 370 g/mol. The van der Waals surface area contributed by atoms with E-state index in [9.17, 15) is 5.11 Å². The van der Waals surface area contributed by atoms with E-state index in [1.54, 1.807) is 24.3 Å². The van der Waals surface area contributed by atoms with Gasteiger partial charge in [0, 0.05) is 11.4 Å². The maximum Gasteiger partial charge on any atom is 0.119 e. The molecular weight excluding hydrogens is 344 g/mol. The molecule has 4 nitrogen and oxygen atoms in total. The molecule has 1 N–H and O–H groups in total. The van der Waals surface area contributed by atoms with Crippen LogP contribution in [0.15, 0.2) is 59.5 Å². The van der Waals surface area contributed by atoms with Crippen LogP contribution in [-0.2, 0) is 0 Å². The first-order valence-electron chi connectivity index (χ1n) is 8.92. The molecule has 0 radical (unpaired) electrons. The zero-order valence-corrected chi connectivity index (χ0v) is 16.0. The van der Waals surface area contributed by atoms with Gasteiger partial charge in [0.1, 0.15) is 18.5 Å². The largest absolute Gasteiger partial charge is 0.491 e. The lowest BCUT2D eigenvalue weighted by Crippen LogP contribution is -2.36. The summed E-state index contributed by atoms with van der Waals surface area (Å²) < 4.78 is 5.61. The maximum atomic E-state index is 10.2. The molecule has 0 saturated carbocycles. The van der Waals surface area contributed by atoms with Gasteiger partial charge in [-0.15, -0.1) is 11.8 Å². The summed E-state index contributed by atoms with van der Waals surface area (Å²) in [5.74, 6) is 1.74. The van der Waals surface area contributed by atoms with E-state index < -0.39 is 6.10 Å². The van der Waals surface area contributed by atoms with Crippen molar-refractivity contribution < 1.29 is 9.84 Å². The van der Waals surface area contributed by atoms with Crippen molar-refractivity contribution in [1.82, 2.24) is 4.90 Å². The molecule has 0 amide bonds. The van der Waals surface area contributed by atoms with Gasteiger partial charge in [0.25, 0.3) is 0 Å². The van der Waals surface area contributed by atoms with Crippen molar-refractivity contribution in [3.05, 3.63) is 60.2 Å². The van der Waals surface area contributed by atoms with E-state index in [0.717, 1.165) is 25.3 Å². The van der Waals surface area contributed by atoms with Crippen LogP contribution in [0.5, 0.6) is 5.75 Å². The number of likely N-dealkylation sites (N-methyl/N-ethyl adjacent to an activating group) is 1. The second kappa shape index (κ2) is 11.6. The van der Waals surface area contributed by atoms with Gasteiger partial charge in [0.2, 0.25) is 0 Å². The maximum absolute atomic E-state index is 10.2. The van der Waals surface area contributed by atoms with Gasteiger partial charge in [-0.05, 0) is 61.7 Å². The summed E-state index contributed by atoms with van der Waals surface area (Å²) in [6, 6.07) is 19.4. The van der Waals surface area contributed by atoms with Gasteiger partial charge in [-0.3, -0.25) is 0 Å². The topological polar surface area (TPSA) is 56.5 Å². The fourth-order valence-corrected chi connectivity index (χ4v) is 3.40. The molecule has 1 atom stereocenters. The second-order valence-electron chi connectivity index (χ2n) is 6.01. The number of aliphatic hydroxyl groups is 1. The summed E-state index contributed by atoms with van der Waals surface area (Å²) >= 11 is 1.87. The number of hydrogen-bond acceptors (Lipinski definition) is 5. The molecule has 0 aliphatic carbocycles. The van der Waals surface area contributed by atoms with Crippen molar-refractivity contribution in [2.24, 2.45) is 0 Å². The second-order valence-corrected chi connectivity index (χ2v) is 7.18. The number of thioether (sulfide) groups is 1. The summed E-state index contributed by atoms with van der Waals surface area (Å²) in [5.41, 5.74) is 0.600. The molecule has 2 aromatic rings. The molecule has 0 aliphatic rings. The van der Waals surface area contributed by atoms with Gasteiger partial charge in [-0.25, -0.2) is 0 Å². The highest BCUT2D eigenvalue weighted by Gasteiger charge is 2.11. The van der Waals surface area contributed by atoms with Crippen LogP contribution in [-0.4, -0.2) is 48.1 Å². The normalized spacial score (nSPS) is 11.9. The minimum Gasteiger partial charge on any atom is -0.491 e. The molecule has 2 rings (SSSR count). The summed E-state index contributed by atoms with van der Waals surface area (Å²) in [7, 11) is 0. The zero-order valence-electron chi connectivity index (χ0n) is 15.2. The number of rotatable bonds is 11. The van der Waals surface area contributed by atoms with E-state index in [4.69, 9.17) is 10.00 Å². The minimum atomic E-state index is -0.535. The van der Waals surface area contributed by atoms with E-state index in [0.29, 0.717) is 17.9 Å². The third-order valence-electron chi connectivity index (χ3n) is 3.97. The quantitative estimate of drug-likeness (QED) is 0.482. The number of hydrogen-bond donors (Lipinski definition) is 1. The van der Waals surface area contributed by atoms with Crippen LogP contribution in [0.1, 0.15) is 18.9 Å². The Hall–Kier alpha value is -2.00. The highest BCUT2D eigenvalue weighted by molar-refractivity contribution is 7.99. The first-order valence-corrected chi connectivity index (χ1v) is 9.91. The molecular formula is C21H26N2O2S. The van der Waals surface area contributed by atoms with Crippen molar-refractivity contribution in [3.63, 3.8) is 0 Å². The molecule has 1 unspecified atom stereocenters. The Balaban J connectivity index is 1.65. The molecule has 5 heteroatoms. The van der Waals surface area contributed by atoms with Crippen LogP contribution in [0.4, 0.5) is 0 Å². The van der Waals surface area contributed by atoms with Gasteiger partial charge in [-0.2, -0.15) is 5.26 Å². The fourth-order valence-electron chi connectivity index (χ4n) is 2.54. The molecule has 2 aromatic carbocycles. The number of nitriles is 1. The molecule has 0 aliphatic heterocycles. The summed E-state index contributed by atoms with van der Waals surface area (Å²) in [5, 5.41) is 19.0. The van der Waals surface area contributed by atoms with Gasteiger partial charge < -0.3 is 14.7 Å². The van der Waals surface area contributed by atoms with Crippen LogP contribution >= 0.6 is 11.8 Å². The average Bonchev–Trinajstić information content (AvgIpc) is 2.69. The van der Waals surface area contributed by atoms with E-state index in [-0.39, 0.29) is 6.61 Å². The minimum absolute atomic E-state index is 0.251. The Bertz CT molecular complexity index is 671. The van der Waals surface area contributed by atoms with E-state index in [2.05, 4.69) is 42.2 Å². The Morgan fingerprint density at radius 1 is 1.15 bits per heavy atom. The first kappa shape index (κ1) is 20.3. The number of aliphatic hydroxyl groups excluding tert-OH is 1. The van der Waals surface area contributed by atoms with Crippen LogP contribution < -0.4 is 4.74 Å². The van der Waals surface area contributed by atoms with Gasteiger partial charge in [-0.1, -0.05) is 25.1 Å². The molecule has 0 saturated heterocycles. The lowest BCUT2D eigenvalue weighted by Gasteiger charge is -2.23. The Morgan fingerprint density at radius 2 is 1.88 bits per heavy atom. The third-order valence-corrected chi connectivity index (χ3v) is 5.07. The molecule has 0 aromatic heterocycles. The lowest BCUT2D eigenvalue weighted by atomic mass is 10.2. The standard InChI is InChI=1S/C21H26N2O2S/c1-2-23(13-6-14-26-21-7-4-3-5-8-21)16-19(24)17-25-20-11-9-18(15-22)10-12-20/h3-5,7-12,19,24H,2,6,13-14,16-17H2,1H3. The van der Waals surface area contributed by atoms with Crippen molar-refractivity contribution >= 4 is 11.8 Å². The van der Waals surface area contributed by atoms with Crippen molar-refractivity contribution in [1.29, 1.82) is 5.26 Å². The van der Waals surface area contributed by atoms with Crippen LogP contribution in [0.3, 0.4) is 0 Å². The highest BCUT2D eigenvalue weighted by atomic mass is 32.2. The van der Waals surface area contributed by atoms with E-state index in [1.165, 1.54) is 4.90 Å². The molecule has 0 bridgehead atoms. The summed E-state index contributed by atoms with van der Waals surface area (Å²) in [6.45, 7) is 4.83. The average molecular weight is 371 g/mol. The van der Waals surface area contributed by atoms with Gasteiger partial charge in [0.15, 0.2) is 0 Å². The molecule has 0 spiro atoms. The summed E-state index contributed by atoms with van der Waals surface area (Å²) in [6.07, 6.45) is 0.545. The van der Waals surface area contributed by atoms with Crippen LogP contribution in [0.2, 0.25) is 0 Å². The lowest BCUT2D eigenvalue weighted by molar-refractivity contribution is 0.0700. The fraction of sp³-hybridized carbons (Fsp3) is 0.381. The van der Waals surface area contributed by atoms with Crippen molar-refractivity contribution in [3.8, 4) is 11.8 Å². The van der Waals surface area contributed by atoms with Gasteiger partial charge >= 0.3 is 0 Å². The Labute approximate surface area is 160 Å². The van der Waals surface area contributed by atoms with Crippen LogP contribution in [0, 0.1) is 11.3 Å². The Kier molecular flexibility index (Phi) is 9.05. The first-order chi connectivity index (χ1) is 12.7. The molecule has 138 valence electrons. The third kappa shape index (κ3) is 7.49. The predicted molar refractivity (Wildman–Crippen MR) is 107 cm³/mol. The van der Waals surface area contributed by atoms with Crippen molar-refractivity contribution in [2.75, 3.05) is 32.0 Å². The number of ether oxygens (including phenoxy) is 1.